The van der Waals surface area contributed by atoms with Crippen molar-refractivity contribution < 1.29 is 9.18 Å². The fourth-order valence-corrected chi connectivity index (χ4v) is 4.28. The SMILES string of the molecule is O=C(NC1CC1)c1cc(SCc2cc(F)cc3cccnc23)nc2ccccc12. The molecular formula is C23H18FN3OS. The smallest absolute Gasteiger partial charge is 0.252 e. The molecule has 144 valence electrons. The van der Waals surface area contributed by atoms with Crippen LogP contribution >= 0.6 is 11.8 Å². The first-order valence-electron chi connectivity index (χ1n) is 9.54. The second-order valence-electron chi connectivity index (χ2n) is 7.20. The summed E-state index contributed by atoms with van der Waals surface area (Å²) in [6.07, 6.45) is 3.79. The second-order valence-corrected chi connectivity index (χ2v) is 8.20. The highest BCUT2D eigenvalue weighted by Crippen LogP contribution is 2.30. The number of para-hydroxylation sites is 1. The number of pyridine rings is 2. The van der Waals surface area contributed by atoms with Crippen LogP contribution in [0.4, 0.5) is 4.39 Å². The Hall–Kier alpha value is -2.99. The fraction of sp³-hybridized carbons (Fsp3) is 0.174. The molecule has 5 rings (SSSR count). The highest BCUT2D eigenvalue weighted by molar-refractivity contribution is 7.98. The third-order valence-corrected chi connectivity index (χ3v) is 5.93. The molecule has 0 atom stereocenters. The number of rotatable bonds is 5. The number of nitrogens with one attached hydrogen (secondary N) is 1. The number of aromatic nitrogens is 2. The molecule has 0 unspecified atom stereocenters. The van der Waals surface area contributed by atoms with Gasteiger partial charge in [-0.25, -0.2) is 9.37 Å². The van der Waals surface area contributed by atoms with Gasteiger partial charge in [-0.2, -0.15) is 0 Å². The van der Waals surface area contributed by atoms with Gasteiger partial charge in [-0.1, -0.05) is 24.3 Å². The highest BCUT2D eigenvalue weighted by Gasteiger charge is 2.25. The van der Waals surface area contributed by atoms with E-state index in [4.69, 9.17) is 4.98 Å². The minimum atomic E-state index is -0.280. The maximum absolute atomic E-state index is 14.0. The lowest BCUT2D eigenvalue weighted by Gasteiger charge is -2.10. The molecule has 2 aromatic carbocycles. The quantitative estimate of drug-likeness (QED) is 0.471. The summed E-state index contributed by atoms with van der Waals surface area (Å²) in [5.74, 6) is 0.170. The van der Waals surface area contributed by atoms with Gasteiger partial charge in [-0.3, -0.25) is 9.78 Å². The van der Waals surface area contributed by atoms with E-state index in [1.807, 2.05) is 36.4 Å². The van der Waals surface area contributed by atoms with E-state index in [2.05, 4.69) is 10.3 Å². The van der Waals surface area contributed by atoms with Crippen molar-refractivity contribution in [2.24, 2.45) is 0 Å². The second kappa shape index (κ2) is 7.44. The third kappa shape index (κ3) is 3.80. The molecule has 0 saturated heterocycles. The topological polar surface area (TPSA) is 54.9 Å². The van der Waals surface area contributed by atoms with Gasteiger partial charge in [-0.05, 0) is 48.7 Å². The molecule has 1 aliphatic rings. The molecule has 0 aliphatic heterocycles. The molecule has 2 heterocycles. The Morgan fingerprint density at radius 1 is 1.14 bits per heavy atom. The predicted octanol–water partition coefficient (Wildman–Crippen LogP) is 5.11. The summed E-state index contributed by atoms with van der Waals surface area (Å²) in [5, 5.41) is 5.41. The number of nitrogens with zero attached hydrogens (tertiary/aromatic N) is 2. The minimum Gasteiger partial charge on any atom is -0.349 e. The van der Waals surface area contributed by atoms with Crippen molar-refractivity contribution in [3.63, 3.8) is 0 Å². The van der Waals surface area contributed by atoms with Crippen LogP contribution in [0, 0.1) is 5.82 Å². The number of halogens is 1. The molecular weight excluding hydrogens is 385 g/mol. The molecule has 2 aromatic heterocycles. The van der Waals surface area contributed by atoms with Gasteiger partial charge in [-0.15, -0.1) is 11.8 Å². The number of hydrogen-bond donors (Lipinski definition) is 1. The molecule has 1 fully saturated rings. The standard InChI is InChI=1S/C23H18FN3OS/c24-16-10-14-4-3-9-25-22(14)15(11-16)13-29-21-12-19(23(28)26-17-7-8-17)18-5-1-2-6-20(18)27-21/h1-6,9-12,17H,7-8,13H2,(H,26,28). The normalized spacial score (nSPS) is 13.7. The van der Waals surface area contributed by atoms with Crippen molar-refractivity contribution in [1.82, 2.24) is 15.3 Å². The Morgan fingerprint density at radius 2 is 2.00 bits per heavy atom. The van der Waals surface area contributed by atoms with Gasteiger partial charge in [0.15, 0.2) is 0 Å². The average Bonchev–Trinajstić information content (AvgIpc) is 3.55. The highest BCUT2D eigenvalue weighted by atomic mass is 32.2. The molecule has 29 heavy (non-hydrogen) atoms. The fourth-order valence-electron chi connectivity index (χ4n) is 3.39. The van der Waals surface area contributed by atoms with E-state index in [1.54, 1.807) is 12.3 Å². The lowest BCUT2D eigenvalue weighted by atomic mass is 10.1. The molecule has 1 amide bonds. The van der Waals surface area contributed by atoms with Crippen LogP contribution in [-0.4, -0.2) is 21.9 Å². The number of thioether (sulfide) groups is 1. The molecule has 1 saturated carbocycles. The van der Waals surface area contributed by atoms with E-state index in [1.165, 1.54) is 23.9 Å². The summed E-state index contributed by atoms with van der Waals surface area (Å²) in [4.78, 5) is 21.9. The number of amides is 1. The number of fused-ring (bicyclic) bond motifs is 2. The van der Waals surface area contributed by atoms with Crippen LogP contribution in [0.25, 0.3) is 21.8 Å². The lowest BCUT2D eigenvalue weighted by Crippen LogP contribution is -2.25. The van der Waals surface area contributed by atoms with Gasteiger partial charge in [0, 0.05) is 28.8 Å². The summed E-state index contributed by atoms with van der Waals surface area (Å²) in [7, 11) is 0. The molecule has 1 aliphatic carbocycles. The zero-order chi connectivity index (χ0) is 19.8. The maximum Gasteiger partial charge on any atom is 0.252 e. The number of carbonyl (C=O) groups is 1. The van der Waals surface area contributed by atoms with Crippen LogP contribution in [0.15, 0.2) is 65.8 Å². The molecule has 0 radical (unpaired) electrons. The maximum atomic E-state index is 14.0. The Morgan fingerprint density at radius 3 is 2.86 bits per heavy atom. The van der Waals surface area contributed by atoms with Crippen molar-refractivity contribution >= 4 is 39.5 Å². The molecule has 0 bridgehead atoms. The first kappa shape index (κ1) is 18.1. The van der Waals surface area contributed by atoms with Gasteiger partial charge in [0.05, 0.1) is 21.6 Å². The Kier molecular flexibility index (Phi) is 4.64. The zero-order valence-corrected chi connectivity index (χ0v) is 16.4. The molecule has 4 aromatic rings. The van der Waals surface area contributed by atoms with Crippen molar-refractivity contribution in [1.29, 1.82) is 0 Å². The van der Waals surface area contributed by atoms with Gasteiger partial charge in [0.2, 0.25) is 0 Å². The van der Waals surface area contributed by atoms with Gasteiger partial charge in [0.1, 0.15) is 5.82 Å². The predicted molar refractivity (Wildman–Crippen MR) is 113 cm³/mol. The van der Waals surface area contributed by atoms with Gasteiger partial charge in [0.25, 0.3) is 5.91 Å². The summed E-state index contributed by atoms with van der Waals surface area (Å²) in [6.45, 7) is 0. The van der Waals surface area contributed by atoms with E-state index < -0.39 is 0 Å². The summed E-state index contributed by atoms with van der Waals surface area (Å²) in [6, 6.07) is 16.4. The van der Waals surface area contributed by atoms with Crippen LogP contribution in [0.3, 0.4) is 0 Å². The lowest BCUT2D eigenvalue weighted by molar-refractivity contribution is 0.0952. The Bertz CT molecular complexity index is 1240. The Labute approximate surface area is 171 Å². The van der Waals surface area contributed by atoms with Crippen molar-refractivity contribution in [3.05, 3.63) is 77.7 Å². The Balaban J connectivity index is 1.49. The van der Waals surface area contributed by atoms with Gasteiger partial charge < -0.3 is 5.32 Å². The van der Waals surface area contributed by atoms with Crippen molar-refractivity contribution in [2.45, 2.75) is 29.7 Å². The third-order valence-electron chi connectivity index (χ3n) is 4.97. The summed E-state index contributed by atoms with van der Waals surface area (Å²) >= 11 is 1.48. The molecule has 6 heteroatoms. The molecule has 1 N–H and O–H groups in total. The van der Waals surface area contributed by atoms with Crippen LogP contribution in [0.1, 0.15) is 28.8 Å². The summed E-state index contributed by atoms with van der Waals surface area (Å²) in [5.41, 5.74) is 3.01. The van der Waals surface area contributed by atoms with E-state index in [9.17, 15) is 9.18 Å². The first-order chi connectivity index (χ1) is 14.2. The number of carbonyl (C=O) groups excluding carboxylic acids is 1. The van der Waals surface area contributed by atoms with E-state index in [-0.39, 0.29) is 17.8 Å². The monoisotopic (exact) mass is 403 g/mol. The van der Waals surface area contributed by atoms with Crippen LogP contribution in [0.5, 0.6) is 0 Å². The van der Waals surface area contributed by atoms with Gasteiger partial charge >= 0.3 is 0 Å². The zero-order valence-electron chi connectivity index (χ0n) is 15.6. The minimum absolute atomic E-state index is 0.0641. The number of hydrogen-bond acceptors (Lipinski definition) is 4. The molecule has 4 nitrogen and oxygen atoms in total. The van der Waals surface area contributed by atoms with Crippen LogP contribution < -0.4 is 5.32 Å². The first-order valence-corrected chi connectivity index (χ1v) is 10.5. The summed E-state index contributed by atoms with van der Waals surface area (Å²) < 4.78 is 14.0. The largest absolute Gasteiger partial charge is 0.349 e. The van der Waals surface area contributed by atoms with E-state index in [0.29, 0.717) is 11.3 Å². The van der Waals surface area contributed by atoms with Crippen molar-refractivity contribution in [3.8, 4) is 0 Å². The molecule has 0 spiro atoms. The van der Waals surface area contributed by atoms with E-state index >= 15 is 0 Å². The van der Waals surface area contributed by atoms with E-state index in [0.717, 1.165) is 45.2 Å². The van der Waals surface area contributed by atoms with Crippen molar-refractivity contribution in [2.75, 3.05) is 0 Å². The number of benzene rings is 2. The van der Waals surface area contributed by atoms with Crippen LogP contribution in [0.2, 0.25) is 0 Å². The average molecular weight is 403 g/mol. The van der Waals surface area contributed by atoms with Crippen LogP contribution in [-0.2, 0) is 5.75 Å².